The Balaban J connectivity index is 1.72. The molecule has 2 aromatic heterocycles. The molecule has 0 saturated carbocycles. The molecule has 1 amide bonds. The number of halogens is 2. The van der Waals surface area contributed by atoms with Crippen LogP contribution in [0.25, 0.3) is 16.0 Å². The fraction of sp³-hybridized carbons (Fsp3) is 0.214. The second-order valence-corrected chi connectivity index (χ2v) is 11.2. The molecule has 38 heavy (non-hydrogen) atoms. The van der Waals surface area contributed by atoms with Gasteiger partial charge in [0.1, 0.15) is 23.4 Å². The fourth-order valence-corrected chi connectivity index (χ4v) is 5.62. The van der Waals surface area contributed by atoms with Crippen molar-refractivity contribution < 1.29 is 23.8 Å². The maximum atomic E-state index is 14.1. The van der Waals surface area contributed by atoms with Gasteiger partial charge in [0.2, 0.25) is 0 Å². The highest BCUT2D eigenvalue weighted by atomic mass is 35.5. The Bertz CT molecular complexity index is 1590. The zero-order valence-electron chi connectivity index (χ0n) is 21.0. The molecule has 0 bridgehead atoms. The van der Waals surface area contributed by atoms with Gasteiger partial charge in [-0.3, -0.25) is 19.5 Å². The number of ether oxygens (including phenoxy) is 1. The van der Waals surface area contributed by atoms with Crippen LogP contribution >= 0.6 is 22.9 Å². The Morgan fingerprint density at radius 1 is 1.16 bits per heavy atom. The minimum Gasteiger partial charge on any atom is -0.507 e. The molecule has 194 valence electrons. The van der Waals surface area contributed by atoms with E-state index in [1.54, 1.807) is 43.5 Å². The fourth-order valence-electron chi connectivity index (χ4n) is 4.46. The standard InChI is InChI=1S/C28H23ClFN3O4S/c1-28(2,3)15-11-14(8-9-20(15)37-4)24(34)22-23(18-7-5-6-10-31-18)33(26(36)25(22)35)27-32-19-12-16(29)17(30)13-21(19)38-27/h5-13,23,34H,1-4H3/b24-22+. The second-order valence-electron chi connectivity index (χ2n) is 9.82. The molecule has 3 heterocycles. The van der Waals surface area contributed by atoms with Crippen LogP contribution in [-0.2, 0) is 15.0 Å². The number of thiazole rings is 1. The summed E-state index contributed by atoms with van der Waals surface area (Å²) < 4.78 is 20.0. The molecule has 2 aromatic carbocycles. The predicted octanol–water partition coefficient (Wildman–Crippen LogP) is 6.42. The topological polar surface area (TPSA) is 92.6 Å². The molecule has 10 heteroatoms. The number of ketones is 1. The summed E-state index contributed by atoms with van der Waals surface area (Å²) >= 11 is 6.96. The number of Topliss-reactive ketones (excluding diaryl/α,β-unsaturated/α-hetero) is 1. The normalized spacial score (nSPS) is 17.4. The van der Waals surface area contributed by atoms with Gasteiger partial charge < -0.3 is 9.84 Å². The number of amides is 1. The molecule has 1 fully saturated rings. The third kappa shape index (κ3) is 4.31. The molecule has 0 aliphatic carbocycles. The van der Waals surface area contributed by atoms with Crippen LogP contribution in [0.1, 0.15) is 43.6 Å². The molecule has 1 saturated heterocycles. The average Bonchev–Trinajstić information content (AvgIpc) is 3.40. The number of anilines is 1. The van der Waals surface area contributed by atoms with Crippen molar-refractivity contribution in [2.45, 2.75) is 32.2 Å². The maximum absolute atomic E-state index is 14.1. The number of methoxy groups -OCH3 is 1. The Labute approximate surface area is 227 Å². The summed E-state index contributed by atoms with van der Waals surface area (Å²) in [6.45, 7) is 6.01. The first-order valence-electron chi connectivity index (χ1n) is 11.7. The molecule has 5 rings (SSSR count). The van der Waals surface area contributed by atoms with Gasteiger partial charge in [-0.15, -0.1) is 0 Å². The summed E-state index contributed by atoms with van der Waals surface area (Å²) in [4.78, 5) is 36.9. The van der Waals surface area contributed by atoms with E-state index in [4.69, 9.17) is 16.3 Å². The summed E-state index contributed by atoms with van der Waals surface area (Å²) in [5, 5.41) is 11.5. The number of fused-ring (bicyclic) bond motifs is 1. The minimum atomic E-state index is -1.06. The Morgan fingerprint density at radius 2 is 1.92 bits per heavy atom. The molecular formula is C28H23ClFN3O4S. The van der Waals surface area contributed by atoms with Crippen molar-refractivity contribution in [3.05, 3.63) is 88.0 Å². The van der Waals surface area contributed by atoms with E-state index in [0.717, 1.165) is 16.9 Å². The van der Waals surface area contributed by atoms with Crippen molar-refractivity contribution in [2.24, 2.45) is 0 Å². The largest absolute Gasteiger partial charge is 0.507 e. The maximum Gasteiger partial charge on any atom is 0.301 e. The van der Waals surface area contributed by atoms with Gasteiger partial charge in [0.25, 0.3) is 5.78 Å². The molecule has 4 aromatic rings. The molecule has 0 radical (unpaired) electrons. The third-order valence-electron chi connectivity index (χ3n) is 6.32. The first kappa shape index (κ1) is 25.8. The smallest absolute Gasteiger partial charge is 0.301 e. The average molecular weight is 552 g/mol. The summed E-state index contributed by atoms with van der Waals surface area (Å²) in [6.07, 6.45) is 1.54. The quantitative estimate of drug-likeness (QED) is 0.179. The number of aliphatic hydroxyl groups excluding tert-OH is 1. The van der Waals surface area contributed by atoms with Crippen molar-refractivity contribution in [2.75, 3.05) is 12.0 Å². The second kappa shape index (κ2) is 9.49. The lowest BCUT2D eigenvalue weighted by Gasteiger charge is -2.24. The van der Waals surface area contributed by atoms with E-state index in [-0.39, 0.29) is 26.9 Å². The molecule has 1 atom stereocenters. The number of aliphatic hydroxyl groups is 1. The molecule has 1 aliphatic heterocycles. The predicted molar refractivity (Wildman–Crippen MR) is 145 cm³/mol. The van der Waals surface area contributed by atoms with Gasteiger partial charge in [-0.25, -0.2) is 9.37 Å². The number of benzene rings is 2. The number of pyridine rings is 1. The number of hydrogen-bond acceptors (Lipinski definition) is 7. The molecule has 7 nitrogen and oxygen atoms in total. The number of rotatable bonds is 4. The minimum absolute atomic E-state index is 0.105. The van der Waals surface area contributed by atoms with Crippen LogP contribution in [0.5, 0.6) is 5.75 Å². The van der Waals surface area contributed by atoms with Crippen LogP contribution in [0.15, 0.2) is 60.3 Å². The molecule has 1 N–H and O–H groups in total. The first-order valence-corrected chi connectivity index (χ1v) is 12.9. The van der Waals surface area contributed by atoms with Crippen molar-refractivity contribution in [3.8, 4) is 5.75 Å². The van der Waals surface area contributed by atoms with Crippen molar-refractivity contribution in [1.82, 2.24) is 9.97 Å². The SMILES string of the molecule is COc1ccc(/C(O)=C2\C(=O)C(=O)N(c3nc4cc(Cl)c(F)cc4s3)C2c2ccccn2)cc1C(C)(C)C. The van der Waals surface area contributed by atoms with E-state index >= 15 is 0 Å². The third-order valence-corrected chi connectivity index (χ3v) is 7.63. The molecule has 1 aliphatic rings. The lowest BCUT2D eigenvalue weighted by atomic mass is 9.84. The summed E-state index contributed by atoms with van der Waals surface area (Å²) in [7, 11) is 1.56. The first-order chi connectivity index (χ1) is 18.0. The van der Waals surface area contributed by atoms with Crippen LogP contribution in [0.2, 0.25) is 5.02 Å². The number of carbonyl (C=O) groups excluding carboxylic acids is 2. The van der Waals surface area contributed by atoms with Gasteiger partial charge in [0.15, 0.2) is 5.13 Å². The van der Waals surface area contributed by atoms with Crippen molar-refractivity contribution >= 4 is 55.7 Å². The zero-order valence-corrected chi connectivity index (χ0v) is 22.5. The van der Waals surface area contributed by atoms with Gasteiger partial charge in [-0.05, 0) is 47.9 Å². The number of nitrogens with zero attached hydrogens (tertiary/aromatic N) is 3. The van der Waals surface area contributed by atoms with E-state index in [0.29, 0.717) is 27.2 Å². The Kier molecular flexibility index (Phi) is 6.44. The molecule has 1 unspecified atom stereocenters. The highest BCUT2D eigenvalue weighted by Gasteiger charge is 2.49. The summed E-state index contributed by atoms with van der Waals surface area (Å²) in [5.74, 6) is -2.08. The zero-order chi connectivity index (χ0) is 27.4. The Hall–Kier alpha value is -3.82. The van der Waals surface area contributed by atoms with E-state index in [1.807, 2.05) is 20.8 Å². The van der Waals surface area contributed by atoms with E-state index in [2.05, 4.69) is 9.97 Å². The summed E-state index contributed by atoms with van der Waals surface area (Å²) in [6, 6.07) is 11.7. The summed E-state index contributed by atoms with van der Waals surface area (Å²) in [5.41, 5.74) is 1.46. The van der Waals surface area contributed by atoms with Crippen LogP contribution in [-0.4, -0.2) is 33.9 Å². The van der Waals surface area contributed by atoms with E-state index in [9.17, 15) is 19.1 Å². The van der Waals surface area contributed by atoms with Crippen LogP contribution in [0, 0.1) is 5.82 Å². The number of aromatic nitrogens is 2. The van der Waals surface area contributed by atoms with Crippen molar-refractivity contribution in [3.63, 3.8) is 0 Å². The van der Waals surface area contributed by atoms with Crippen molar-refractivity contribution in [1.29, 1.82) is 0 Å². The highest BCUT2D eigenvalue weighted by Crippen LogP contribution is 2.44. The van der Waals surface area contributed by atoms with Gasteiger partial charge in [0.05, 0.1) is 33.6 Å². The van der Waals surface area contributed by atoms with Gasteiger partial charge in [-0.2, -0.15) is 0 Å². The lowest BCUT2D eigenvalue weighted by Crippen LogP contribution is -2.29. The van der Waals surface area contributed by atoms with Crippen LogP contribution in [0.4, 0.5) is 9.52 Å². The monoisotopic (exact) mass is 551 g/mol. The van der Waals surface area contributed by atoms with E-state index in [1.165, 1.54) is 23.2 Å². The van der Waals surface area contributed by atoms with E-state index < -0.39 is 23.5 Å². The van der Waals surface area contributed by atoms with Gasteiger partial charge in [-0.1, -0.05) is 49.8 Å². The lowest BCUT2D eigenvalue weighted by molar-refractivity contribution is -0.132. The highest BCUT2D eigenvalue weighted by molar-refractivity contribution is 7.22. The van der Waals surface area contributed by atoms with Crippen LogP contribution < -0.4 is 9.64 Å². The number of carbonyl (C=O) groups is 2. The van der Waals surface area contributed by atoms with Gasteiger partial charge >= 0.3 is 5.91 Å². The van der Waals surface area contributed by atoms with Crippen LogP contribution in [0.3, 0.4) is 0 Å². The molecule has 0 spiro atoms. The van der Waals surface area contributed by atoms with Gasteiger partial charge in [0, 0.05) is 17.3 Å². The molecular weight excluding hydrogens is 529 g/mol. The Morgan fingerprint density at radius 3 is 2.58 bits per heavy atom. The number of hydrogen-bond donors (Lipinski definition) is 1.